The van der Waals surface area contributed by atoms with Gasteiger partial charge in [-0.2, -0.15) is 0 Å². The standard InChI is InChI=1S/C24H34.C2H6/c1-6-7-18-8-9-20-19-15-17(3)22-14-16(2)10-12-24(22,5)21(19)11-13-23(18,20)4;1-2/h6,14,18-21H,1-3,7-13,15H2,4-5H3;1-2H3. The van der Waals surface area contributed by atoms with Crippen LogP contribution in [-0.2, 0) is 0 Å². The van der Waals surface area contributed by atoms with Gasteiger partial charge in [-0.1, -0.05) is 64.2 Å². The van der Waals surface area contributed by atoms with Crippen LogP contribution >= 0.6 is 0 Å². The summed E-state index contributed by atoms with van der Waals surface area (Å²) in [6.45, 7) is 22.0. The summed E-state index contributed by atoms with van der Waals surface area (Å²) in [5.41, 5.74) is 5.21. The maximum atomic E-state index is 4.54. The third kappa shape index (κ3) is 2.79. The van der Waals surface area contributed by atoms with Crippen LogP contribution in [0.25, 0.3) is 0 Å². The summed E-state index contributed by atoms with van der Waals surface area (Å²) in [6, 6.07) is 0. The molecule has 0 aromatic rings. The van der Waals surface area contributed by atoms with Gasteiger partial charge in [0.2, 0.25) is 0 Å². The molecule has 0 bridgehead atoms. The molecule has 0 aromatic heterocycles. The molecular weight excluding hydrogens is 312 g/mol. The lowest BCUT2D eigenvalue weighted by Crippen LogP contribution is -2.50. The molecule has 4 aliphatic rings. The number of rotatable bonds is 2. The fraction of sp³-hybridized carbons (Fsp3) is 0.692. The highest BCUT2D eigenvalue weighted by Gasteiger charge is 2.58. The van der Waals surface area contributed by atoms with Crippen molar-refractivity contribution in [3.05, 3.63) is 48.6 Å². The van der Waals surface area contributed by atoms with Gasteiger partial charge >= 0.3 is 0 Å². The van der Waals surface area contributed by atoms with E-state index < -0.39 is 0 Å². The Morgan fingerprint density at radius 2 is 1.81 bits per heavy atom. The van der Waals surface area contributed by atoms with Crippen LogP contribution in [0.1, 0.15) is 79.1 Å². The molecule has 0 amide bonds. The van der Waals surface area contributed by atoms with E-state index in [9.17, 15) is 0 Å². The normalized spacial score (nSPS) is 44.1. The minimum Gasteiger partial charge on any atom is -0.103 e. The molecular formula is C26H40. The highest BCUT2D eigenvalue weighted by Crippen LogP contribution is 2.67. The SMILES string of the molecule is C=CCC1CCC2C3CC(=C)C4=CC(=C)CCC4(C)C3CCC12C.CC. The first kappa shape index (κ1) is 19.7. The Morgan fingerprint density at radius 1 is 1.08 bits per heavy atom. The first-order chi connectivity index (χ1) is 12.4. The van der Waals surface area contributed by atoms with E-state index in [-0.39, 0.29) is 0 Å². The summed E-state index contributed by atoms with van der Waals surface area (Å²) in [5.74, 6) is 3.49. The van der Waals surface area contributed by atoms with Crippen molar-refractivity contribution in [2.45, 2.75) is 79.1 Å². The van der Waals surface area contributed by atoms with Crippen molar-refractivity contribution >= 4 is 0 Å². The average Bonchev–Trinajstić information content (AvgIpc) is 2.96. The van der Waals surface area contributed by atoms with Gasteiger partial charge in [-0.3, -0.25) is 0 Å². The molecule has 4 aliphatic carbocycles. The summed E-state index contributed by atoms with van der Waals surface area (Å²) >= 11 is 0. The quantitative estimate of drug-likeness (QED) is 0.443. The Balaban J connectivity index is 0.000000948. The minimum absolute atomic E-state index is 0.360. The zero-order chi connectivity index (χ0) is 19.1. The Kier molecular flexibility index (Phi) is 5.44. The van der Waals surface area contributed by atoms with Crippen LogP contribution in [0.15, 0.2) is 48.6 Å². The van der Waals surface area contributed by atoms with Crippen molar-refractivity contribution in [2.75, 3.05) is 0 Å². The van der Waals surface area contributed by atoms with Crippen LogP contribution in [0, 0.1) is 34.5 Å². The summed E-state index contributed by atoms with van der Waals surface area (Å²) in [4.78, 5) is 0. The molecule has 0 nitrogen and oxygen atoms in total. The van der Waals surface area contributed by atoms with Crippen LogP contribution in [0.5, 0.6) is 0 Å². The third-order valence-corrected chi connectivity index (χ3v) is 8.70. The number of allylic oxidation sites excluding steroid dienone is 5. The van der Waals surface area contributed by atoms with E-state index in [0.717, 1.165) is 23.7 Å². The topological polar surface area (TPSA) is 0 Å². The van der Waals surface area contributed by atoms with Crippen molar-refractivity contribution in [3.8, 4) is 0 Å². The fourth-order valence-electron chi connectivity index (χ4n) is 7.34. The second-order valence-electron chi connectivity index (χ2n) is 9.66. The largest absolute Gasteiger partial charge is 0.103 e. The van der Waals surface area contributed by atoms with Crippen molar-refractivity contribution in [1.82, 2.24) is 0 Å². The summed E-state index contributed by atoms with van der Waals surface area (Å²) in [7, 11) is 0. The molecule has 0 aromatic carbocycles. The van der Waals surface area contributed by atoms with Crippen molar-refractivity contribution < 1.29 is 0 Å². The molecule has 6 unspecified atom stereocenters. The van der Waals surface area contributed by atoms with Gasteiger partial charge in [-0.05, 0) is 91.4 Å². The van der Waals surface area contributed by atoms with Gasteiger partial charge in [-0.25, -0.2) is 0 Å². The van der Waals surface area contributed by atoms with Crippen LogP contribution in [-0.4, -0.2) is 0 Å². The maximum Gasteiger partial charge on any atom is -0.00384 e. The van der Waals surface area contributed by atoms with Gasteiger partial charge in [0.05, 0.1) is 0 Å². The highest BCUT2D eigenvalue weighted by atomic mass is 14.6. The third-order valence-electron chi connectivity index (χ3n) is 8.70. The van der Waals surface area contributed by atoms with Gasteiger partial charge in [0.15, 0.2) is 0 Å². The van der Waals surface area contributed by atoms with E-state index in [1.807, 2.05) is 13.8 Å². The average molecular weight is 353 g/mol. The molecule has 0 heteroatoms. The lowest BCUT2D eigenvalue weighted by molar-refractivity contribution is -0.0395. The fourth-order valence-corrected chi connectivity index (χ4v) is 7.34. The predicted octanol–water partition coefficient (Wildman–Crippen LogP) is 7.89. The Hall–Kier alpha value is -1.04. The van der Waals surface area contributed by atoms with E-state index in [0.29, 0.717) is 10.8 Å². The molecule has 3 saturated carbocycles. The van der Waals surface area contributed by atoms with Crippen molar-refractivity contribution in [1.29, 1.82) is 0 Å². The Labute approximate surface area is 162 Å². The molecule has 26 heavy (non-hydrogen) atoms. The monoisotopic (exact) mass is 352 g/mol. The number of fused-ring (bicyclic) bond motifs is 5. The molecule has 3 fully saturated rings. The van der Waals surface area contributed by atoms with Crippen molar-refractivity contribution in [2.24, 2.45) is 34.5 Å². The molecule has 0 radical (unpaired) electrons. The molecule has 0 heterocycles. The smallest absolute Gasteiger partial charge is 0.00384 e. The van der Waals surface area contributed by atoms with Crippen LogP contribution in [0.4, 0.5) is 0 Å². The zero-order valence-corrected chi connectivity index (χ0v) is 17.7. The van der Waals surface area contributed by atoms with Crippen molar-refractivity contribution in [3.63, 3.8) is 0 Å². The lowest BCUT2D eigenvalue weighted by atomic mass is 9.46. The van der Waals surface area contributed by atoms with E-state index in [1.165, 1.54) is 62.5 Å². The summed E-state index contributed by atoms with van der Waals surface area (Å²) in [5, 5.41) is 0. The zero-order valence-electron chi connectivity index (χ0n) is 17.7. The number of hydrogen-bond donors (Lipinski definition) is 0. The first-order valence-corrected chi connectivity index (χ1v) is 11.1. The molecule has 0 N–H and O–H groups in total. The number of hydrogen-bond acceptors (Lipinski definition) is 0. The molecule has 0 spiro atoms. The van der Waals surface area contributed by atoms with Gasteiger partial charge in [-0.15, -0.1) is 6.58 Å². The van der Waals surface area contributed by atoms with E-state index in [1.54, 1.807) is 5.57 Å². The molecule has 0 saturated heterocycles. The lowest BCUT2D eigenvalue weighted by Gasteiger charge is -2.59. The summed E-state index contributed by atoms with van der Waals surface area (Å²) < 4.78 is 0. The first-order valence-electron chi connectivity index (χ1n) is 11.1. The van der Waals surface area contributed by atoms with E-state index in [4.69, 9.17) is 0 Å². The second-order valence-corrected chi connectivity index (χ2v) is 9.66. The van der Waals surface area contributed by atoms with E-state index >= 15 is 0 Å². The molecule has 6 atom stereocenters. The minimum atomic E-state index is 0.360. The predicted molar refractivity (Wildman–Crippen MR) is 115 cm³/mol. The summed E-state index contributed by atoms with van der Waals surface area (Å²) in [6.07, 6.45) is 15.2. The molecule has 4 rings (SSSR count). The van der Waals surface area contributed by atoms with Crippen LogP contribution in [0.3, 0.4) is 0 Å². The van der Waals surface area contributed by atoms with Gasteiger partial charge in [0.25, 0.3) is 0 Å². The van der Waals surface area contributed by atoms with Gasteiger partial charge in [0.1, 0.15) is 0 Å². The molecule has 144 valence electrons. The van der Waals surface area contributed by atoms with Crippen LogP contribution in [0.2, 0.25) is 0 Å². The Bertz CT molecular complexity index is 620. The Morgan fingerprint density at radius 3 is 2.50 bits per heavy atom. The second kappa shape index (κ2) is 7.17. The maximum absolute atomic E-state index is 4.54. The highest BCUT2D eigenvalue weighted by molar-refractivity contribution is 5.45. The van der Waals surface area contributed by atoms with Crippen LogP contribution < -0.4 is 0 Å². The van der Waals surface area contributed by atoms with E-state index in [2.05, 4.69) is 45.7 Å². The van der Waals surface area contributed by atoms with Gasteiger partial charge in [0, 0.05) is 0 Å². The van der Waals surface area contributed by atoms with Gasteiger partial charge < -0.3 is 0 Å². The molecule has 0 aliphatic heterocycles.